The van der Waals surface area contributed by atoms with Gasteiger partial charge in [0.15, 0.2) is 0 Å². The van der Waals surface area contributed by atoms with E-state index in [4.69, 9.17) is 10.00 Å². The van der Waals surface area contributed by atoms with Crippen molar-refractivity contribution in [3.63, 3.8) is 0 Å². The zero-order valence-electron chi connectivity index (χ0n) is 13.8. The Morgan fingerprint density at radius 2 is 2.04 bits per heavy atom. The number of ether oxygens (including phenoxy) is 1. The van der Waals surface area contributed by atoms with Crippen LogP contribution in [-0.2, 0) is 9.53 Å². The zero-order valence-corrected chi connectivity index (χ0v) is 13.8. The summed E-state index contributed by atoms with van der Waals surface area (Å²) in [4.78, 5) is 28.8. The van der Waals surface area contributed by atoms with Crippen LogP contribution in [0.3, 0.4) is 0 Å². The molecule has 6 heteroatoms. The van der Waals surface area contributed by atoms with Gasteiger partial charge in [-0.2, -0.15) is 5.26 Å². The number of likely N-dealkylation sites (tertiary alicyclic amines) is 2. The first-order valence-electron chi connectivity index (χ1n) is 8.25. The van der Waals surface area contributed by atoms with Crippen molar-refractivity contribution in [2.24, 2.45) is 0 Å². The normalized spacial score (nSPS) is 23.1. The van der Waals surface area contributed by atoms with E-state index in [1.54, 1.807) is 31.4 Å². The van der Waals surface area contributed by atoms with Crippen molar-refractivity contribution in [2.75, 3.05) is 26.8 Å². The number of hydrogen-bond acceptors (Lipinski definition) is 4. The van der Waals surface area contributed by atoms with Crippen LogP contribution in [0.15, 0.2) is 24.3 Å². The van der Waals surface area contributed by atoms with Gasteiger partial charge in [-0.3, -0.25) is 9.59 Å². The quantitative estimate of drug-likeness (QED) is 0.838. The van der Waals surface area contributed by atoms with Gasteiger partial charge in [0, 0.05) is 32.2 Å². The molecule has 2 aliphatic rings. The largest absolute Gasteiger partial charge is 0.383 e. The van der Waals surface area contributed by atoms with E-state index in [1.165, 1.54) is 0 Å². The Morgan fingerprint density at radius 3 is 2.71 bits per heavy atom. The van der Waals surface area contributed by atoms with Crippen LogP contribution < -0.4 is 0 Å². The summed E-state index contributed by atoms with van der Waals surface area (Å²) < 4.78 is 5.11. The molecule has 126 valence electrons. The van der Waals surface area contributed by atoms with E-state index in [0.29, 0.717) is 37.2 Å². The Kier molecular flexibility index (Phi) is 4.81. The van der Waals surface area contributed by atoms with E-state index in [9.17, 15) is 9.59 Å². The van der Waals surface area contributed by atoms with Crippen molar-refractivity contribution in [2.45, 2.75) is 31.3 Å². The molecule has 1 aromatic rings. The van der Waals surface area contributed by atoms with Gasteiger partial charge in [0.1, 0.15) is 0 Å². The second kappa shape index (κ2) is 7.02. The van der Waals surface area contributed by atoms with E-state index < -0.39 is 0 Å². The van der Waals surface area contributed by atoms with Crippen LogP contribution in [0.5, 0.6) is 0 Å². The molecule has 0 saturated carbocycles. The van der Waals surface area contributed by atoms with Crippen LogP contribution in [0, 0.1) is 11.3 Å². The van der Waals surface area contributed by atoms with Gasteiger partial charge >= 0.3 is 0 Å². The zero-order chi connectivity index (χ0) is 17.1. The second-order valence-electron chi connectivity index (χ2n) is 6.23. The molecule has 2 saturated heterocycles. The summed E-state index contributed by atoms with van der Waals surface area (Å²) in [5.74, 6) is 0.133. The lowest BCUT2D eigenvalue weighted by atomic mass is 9.96. The SMILES string of the molecule is COCCN1C(=O)CC[C@@H]2[C@H]1CCN2C(=O)c1ccc(C#N)cc1. The highest BCUT2D eigenvalue weighted by Crippen LogP contribution is 2.32. The van der Waals surface area contributed by atoms with E-state index in [2.05, 4.69) is 6.07 Å². The standard InChI is InChI=1S/C18H21N3O3/c1-24-11-10-20-16-8-9-21(15(16)6-7-17(20)22)18(23)14-4-2-13(12-19)3-5-14/h2-5,15-16H,6-11H2,1H3/t15-,16-/m1/s1. The van der Waals surface area contributed by atoms with E-state index in [0.717, 1.165) is 12.8 Å². The Balaban J connectivity index is 1.75. The van der Waals surface area contributed by atoms with Crippen molar-refractivity contribution in [1.82, 2.24) is 9.80 Å². The molecule has 0 N–H and O–H groups in total. The highest BCUT2D eigenvalue weighted by atomic mass is 16.5. The molecule has 1 aromatic carbocycles. The van der Waals surface area contributed by atoms with Crippen LogP contribution in [0.25, 0.3) is 0 Å². The molecule has 2 fully saturated rings. The fourth-order valence-electron chi connectivity index (χ4n) is 3.73. The smallest absolute Gasteiger partial charge is 0.254 e. The van der Waals surface area contributed by atoms with Crippen molar-refractivity contribution in [3.8, 4) is 6.07 Å². The number of hydrogen-bond donors (Lipinski definition) is 0. The number of carbonyl (C=O) groups is 2. The van der Waals surface area contributed by atoms with E-state index in [1.807, 2.05) is 9.80 Å². The van der Waals surface area contributed by atoms with Crippen molar-refractivity contribution >= 4 is 11.8 Å². The predicted molar refractivity (Wildman–Crippen MR) is 87.2 cm³/mol. The Bertz CT molecular complexity index is 665. The summed E-state index contributed by atoms with van der Waals surface area (Å²) in [6.07, 6.45) is 2.00. The molecule has 0 spiro atoms. The van der Waals surface area contributed by atoms with Crippen LogP contribution in [0.2, 0.25) is 0 Å². The number of amides is 2. The van der Waals surface area contributed by atoms with Crippen LogP contribution >= 0.6 is 0 Å². The number of carbonyl (C=O) groups excluding carboxylic acids is 2. The van der Waals surface area contributed by atoms with Gasteiger partial charge in [-0.25, -0.2) is 0 Å². The Labute approximate surface area is 141 Å². The average molecular weight is 327 g/mol. The van der Waals surface area contributed by atoms with E-state index >= 15 is 0 Å². The number of methoxy groups -OCH3 is 1. The monoisotopic (exact) mass is 327 g/mol. The van der Waals surface area contributed by atoms with Gasteiger partial charge in [0.2, 0.25) is 5.91 Å². The van der Waals surface area contributed by atoms with Crippen molar-refractivity contribution in [3.05, 3.63) is 35.4 Å². The Hall–Kier alpha value is -2.39. The maximum atomic E-state index is 12.8. The van der Waals surface area contributed by atoms with Crippen molar-refractivity contribution < 1.29 is 14.3 Å². The Morgan fingerprint density at radius 1 is 1.29 bits per heavy atom. The second-order valence-corrected chi connectivity index (χ2v) is 6.23. The van der Waals surface area contributed by atoms with Crippen LogP contribution in [0.1, 0.15) is 35.2 Å². The summed E-state index contributed by atoms with van der Waals surface area (Å²) in [7, 11) is 1.63. The topological polar surface area (TPSA) is 73.6 Å². The van der Waals surface area contributed by atoms with Gasteiger partial charge in [-0.1, -0.05) is 0 Å². The number of rotatable bonds is 4. The van der Waals surface area contributed by atoms with Gasteiger partial charge < -0.3 is 14.5 Å². The van der Waals surface area contributed by atoms with Crippen molar-refractivity contribution in [1.29, 1.82) is 5.26 Å². The number of piperidine rings is 1. The fourth-order valence-corrected chi connectivity index (χ4v) is 3.73. The van der Waals surface area contributed by atoms with Gasteiger partial charge in [-0.15, -0.1) is 0 Å². The molecular weight excluding hydrogens is 306 g/mol. The first-order valence-corrected chi connectivity index (χ1v) is 8.25. The van der Waals surface area contributed by atoms with Gasteiger partial charge in [0.05, 0.1) is 30.3 Å². The first-order chi connectivity index (χ1) is 11.7. The molecule has 6 nitrogen and oxygen atoms in total. The first kappa shape index (κ1) is 16.5. The number of benzene rings is 1. The molecule has 3 rings (SSSR count). The predicted octanol–water partition coefficient (Wildman–Crippen LogP) is 1.41. The third kappa shape index (κ3) is 3.00. The highest BCUT2D eigenvalue weighted by Gasteiger charge is 2.44. The molecule has 0 aliphatic carbocycles. The number of nitrogens with zero attached hydrogens (tertiary/aromatic N) is 3. The molecule has 0 radical (unpaired) electrons. The molecule has 2 amide bonds. The molecule has 2 atom stereocenters. The molecule has 0 aromatic heterocycles. The molecule has 24 heavy (non-hydrogen) atoms. The molecule has 0 unspecified atom stereocenters. The summed E-state index contributed by atoms with van der Waals surface area (Å²) in [5.41, 5.74) is 1.13. The lowest BCUT2D eigenvalue weighted by Crippen LogP contribution is -2.54. The van der Waals surface area contributed by atoms with Gasteiger partial charge in [-0.05, 0) is 37.1 Å². The minimum Gasteiger partial charge on any atom is -0.383 e. The maximum absolute atomic E-state index is 12.8. The van der Waals surface area contributed by atoms with Gasteiger partial charge in [0.25, 0.3) is 5.91 Å². The average Bonchev–Trinajstić information content (AvgIpc) is 3.04. The van der Waals surface area contributed by atoms with Crippen LogP contribution in [0.4, 0.5) is 0 Å². The summed E-state index contributed by atoms with van der Waals surface area (Å²) in [6.45, 7) is 1.75. The summed E-state index contributed by atoms with van der Waals surface area (Å²) >= 11 is 0. The molecular formula is C18H21N3O3. The highest BCUT2D eigenvalue weighted by molar-refractivity contribution is 5.95. The van der Waals surface area contributed by atoms with Crippen LogP contribution in [-0.4, -0.2) is 60.5 Å². The molecule has 2 aliphatic heterocycles. The third-order valence-corrected chi connectivity index (χ3v) is 4.94. The lowest BCUT2D eigenvalue weighted by molar-refractivity contribution is -0.138. The number of fused-ring (bicyclic) bond motifs is 1. The lowest BCUT2D eigenvalue weighted by Gasteiger charge is -2.39. The summed E-state index contributed by atoms with van der Waals surface area (Å²) in [6, 6.07) is 8.94. The van der Waals surface area contributed by atoms with E-state index in [-0.39, 0.29) is 23.9 Å². The maximum Gasteiger partial charge on any atom is 0.254 e. The molecule has 0 bridgehead atoms. The minimum absolute atomic E-state index is 0.0203. The fraction of sp³-hybridized carbons (Fsp3) is 0.500. The number of nitriles is 1. The third-order valence-electron chi connectivity index (χ3n) is 4.94. The summed E-state index contributed by atoms with van der Waals surface area (Å²) in [5, 5.41) is 8.86. The minimum atomic E-state index is -0.0203. The molecule has 2 heterocycles.